The molecule has 0 aromatic heterocycles. The van der Waals surface area contributed by atoms with E-state index >= 15 is 0 Å². The van der Waals surface area contributed by atoms with Gasteiger partial charge in [-0.2, -0.15) is 0 Å². The summed E-state index contributed by atoms with van der Waals surface area (Å²) >= 11 is 0. The van der Waals surface area contributed by atoms with E-state index in [0.29, 0.717) is 0 Å². The minimum absolute atomic E-state index is 1.06. The Morgan fingerprint density at radius 2 is 1.07 bits per heavy atom. The highest BCUT2D eigenvalue weighted by molar-refractivity contribution is 6.08. The molecule has 0 aromatic carbocycles. The van der Waals surface area contributed by atoms with Crippen LogP contribution in [0.2, 0.25) is 6.32 Å². The van der Waals surface area contributed by atoms with Gasteiger partial charge in [0.1, 0.15) is 7.85 Å². The number of rotatable bonds is 2. The summed E-state index contributed by atoms with van der Waals surface area (Å²) in [7, 11) is 2.34. The van der Waals surface area contributed by atoms with Crippen LogP contribution in [0.15, 0.2) is 0 Å². The highest BCUT2D eigenvalue weighted by Crippen LogP contribution is 2.24. The van der Waals surface area contributed by atoms with Gasteiger partial charge in [0, 0.05) is 0 Å². The third kappa shape index (κ3) is 7.03. The van der Waals surface area contributed by atoms with Crippen molar-refractivity contribution < 1.29 is 0 Å². The van der Waals surface area contributed by atoms with Gasteiger partial charge < -0.3 is 0 Å². The summed E-state index contributed by atoms with van der Waals surface area (Å²) in [5.41, 5.74) is 0. The number of hydrogen-bond donors (Lipinski definition) is 0. The van der Waals surface area contributed by atoms with Crippen molar-refractivity contribution >= 4 is 7.85 Å². The molecule has 15 heavy (non-hydrogen) atoms. The zero-order valence-electron chi connectivity index (χ0n) is 10.8. The Labute approximate surface area is 97.6 Å². The van der Waals surface area contributed by atoms with Crippen LogP contribution >= 0.6 is 0 Å². The van der Waals surface area contributed by atoms with E-state index in [0.717, 1.165) is 5.92 Å². The van der Waals surface area contributed by atoms with Crippen molar-refractivity contribution in [2.45, 2.75) is 83.4 Å². The molecule has 1 fully saturated rings. The lowest BCUT2D eigenvalue weighted by molar-refractivity contribution is 0.385. The van der Waals surface area contributed by atoms with Gasteiger partial charge in [-0.15, -0.1) is 0 Å². The maximum absolute atomic E-state index is 2.34. The van der Waals surface area contributed by atoms with Crippen LogP contribution in [0.3, 0.4) is 0 Å². The van der Waals surface area contributed by atoms with E-state index in [1.807, 2.05) is 0 Å². The third-order valence-electron chi connectivity index (χ3n) is 3.92. The summed E-state index contributed by atoms with van der Waals surface area (Å²) in [6, 6.07) is 0. The lowest BCUT2D eigenvalue weighted by atomic mass is 9.85. The average Bonchev–Trinajstić information content (AvgIpc) is 2.22. The van der Waals surface area contributed by atoms with Gasteiger partial charge in [0.2, 0.25) is 0 Å². The zero-order chi connectivity index (χ0) is 10.8. The van der Waals surface area contributed by atoms with Gasteiger partial charge in [0.15, 0.2) is 0 Å². The normalized spacial score (nSPS) is 22.9. The largest absolute Gasteiger partial charge is 0.101 e. The molecule has 0 aromatic rings. The fourth-order valence-corrected chi connectivity index (χ4v) is 2.94. The molecule has 0 aliphatic heterocycles. The molecule has 88 valence electrons. The highest BCUT2D eigenvalue weighted by atomic mass is 14.1. The first-order chi connectivity index (χ1) is 7.43. The van der Waals surface area contributed by atoms with Crippen molar-refractivity contribution in [2.75, 3.05) is 0 Å². The van der Waals surface area contributed by atoms with Crippen LogP contribution in [-0.4, -0.2) is 7.85 Å². The van der Waals surface area contributed by atoms with E-state index in [4.69, 9.17) is 0 Å². The molecular weight excluding hydrogens is 179 g/mol. The predicted molar refractivity (Wildman–Crippen MR) is 72.2 cm³/mol. The summed E-state index contributed by atoms with van der Waals surface area (Å²) in [5.74, 6) is 1.06. The van der Waals surface area contributed by atoms with Crippen molar-refractivity contribution in [2.24, 2.45) is 5.92 Å². The average molecular weight is 208 g/mol. The minimum Gasteiger partial charge on any atom is -0.0808 e. The van der Waals surface area contributed by atoms with Crippen molar-refractivity contribution in [1.82, 2.24) is 0 Å². The van der Waals surface area contributed by atoms with Gasteiger partial charge >= 0.3 is 0 Å². The molecule has 1 rings (SSSR count). The Hall–Kier alpha value is 0.0649. The summed E-state index contributed by atoms with van der Waals surface area (Å²) in [4.78, 5) is 0. The first kappa shape index (κ1) is 13.1. The molecule has 0 bridgehead atoms. The first-order valence-corrected chi connectivity index (χ1v) is 7.43. The summed E-state index contributed by atoms with van der Waals surface area (Å²) < 4.78 is 0. The fourth-order valence-electron chi connectivity index (χ4n) is 2.94. The highest BCUT2D eigenvalue weighted by Gasteiger charge is 2.07. The lowest BCUT2D eigenvalue weighted by Gasteiger charge is -2.16. The topological polar surface area (TPSA) is 0 Å². The molecule has 1 saturated carbocycles. The number of hydrogen-bond acceptors (Lipinski definition) is 0. The molecule has 0 spiro atoms. The van der Waals surface area contributed by atoms with Gasteiger partial charge in [-0.1, -0.05) is 83.4 Å². The van der Waals surface area contributed by atoms with Crippen LogP contribution in [0.4, 0.5) is 0 Å². The van der Waals surface area contributed by atoms with E-state index in [1.54, 1.807) is 0 Å². The van der Waals surface area contributed by atoms with Crippen LogP contribution in [0, 0.1) is 5.92 Å². The molecule has 0 nitrogen and oxygen atoms in total. The SMILES string of the molecule is BCCC1CCCCCCCCCCC1. The van der Waals surface area contributed by atoms with Gasteiger partial charge in [-0.05, 0) is 5.92 Å². The predicted octanol–water partition coefficient (Wildman–Crippen LogP) is 4.35. The van der Waals surface area contributed by atoms with Gasteiger partial charge in [0.25, 0.3) is 0 Å². The lowest BCUT2D eigenvalue weighted by Crippen LogP contribution is -2.01. The second kappa shape index (κ2) is 9.30. The Balaban J connectivity index is 2.19. The monoisotopic (exact) mass is 208 g/mol. The molecular formula is C14H29B. The van der Waals surface area contributed by atoms with Crippen molar-refractivity contribution in [3.63, 3.8) is 0 Å². The van der Waals surface area contributed by atoms with Crippen LogP contribution in [0.25, 0.3) is 0 Å². The zero-order valence-corrected chi connectivity index (χ0v) is 10.8. The molecule has 0 heterocycles. The summed E-state index contributed by atoms with van der Waals surface area (Å²) in [5, 5.41) is 0. The van der Waals surface area contributed by atoms with Gasteiger partial charge in [-0.3, -0.25) is 0 Å². The van der Waals surface area contributed by atoms with Crippen molar-refractivity contribution in [3.8, 4) is 0 Å². The van der Waals surface area contributed by atoms with Gasteiger partial charge in [-0.25, -0.2) is 0 Å². The van der Waals surface area contributed by atoms with E-state index in [-0.39, 0.29) is 0 Å². The molecule has 1 aliphatic carbocycles. The van der Waals surface area contributed by atoms with Crippen LogP contribution in [0.5, 0.6) is 0 Å². The Morgan fingerprint density at radius 1 is 0.667 bits per heavy atom. The molecule has 0 saturated heterocycles. The quantitative estimate of drug-likeness (QED) is 0.592. The molecule has 1 aliphatic rings. The van der Waals surface area contributed by atoms with Crippen molar-refractivity contribution in [1.29, 1.82) is 0 Å². The Bertz CT molecular complexity index is 121. The molecule has 0 amide bonds. The molecule has 0 unspecified atom stereocenters. The second-order valence-corrected chi connectivity index (χ2v) is 5.41. The molecule has 0 N–H and O–H groups in total. The van der Waals surface area contributed by atoms with E-state index in [2.05, 4.69) is 7.85 Å². The van der Waals surface area contributed by atoms with E-state index in [1.165, 1.54) is 83.4 Å². The summed E-state index contributed by atoms with van der Waals surface area (Å²) in [6.07, 6.45) is 19.4. The molecule has 1 heteroatoms. The van der Waals surface area contributed by atoms with E-state index in [9.17, 15) is 0 Å². The van der Waals surface area contributed by atoms with Gasteiger partial charge in [0.05, 0.1) is 0 Å². The minimum atomic E-state index is 1.06. The smallest absolute Gasteiger partial charge is 0.0808 e. The van der Waals surface area contributed by atoms with E-state index < -0.39 is 0 Å². The van der Waals surface area contributed by atoms with Crippen LogP contribution in [-0.2, 0) is 0 Å². The maximum Gasteiger partial charge on any atom is 0.101 e. The van der Waals surface area contributed by atoms with Crippen LogP contribution in [0.1, 0.15) is 77.0 Å². The van der Waals surface area contributed by atoms with Crippen molar-refractivity contribution in [3.05, 3.63) is 0 Å². The molecule has 0 atom stereocenters. The maximum atomic E-state index is 2.34. The third-order valence-corrected chi connectivity index (χ3v) is 3.92. The Kier molecular flexibility index (Phi) is 8.14. The summed E-state index contributed by atoms with van der Waals surface area (Å²) in [6.45, 7) is 0. The fraction of sp³-hybridized carbons (Fsp3) is 1.00. The van der Waals surface area contributed by atoms with Crippen LogP contribution < -0.4 is 0 Å². The standard InChI is InChI=1S/C14H29B/c15-13-12-14-10-8-6-4-2-1-3-5-7-9-11-14/h14H,1-13,15H2. The second-order valence-electron chi connectivity index (χ2n) is 5.41. The molecule has 0 radical (unpaired) electrons. The first-order valence-electron chi connectivity index (χ1n) is 7.43. The Morgan fingerprint density at radius 3 is 1.47 bits per heavy atom.